The van der Waals surface area contributed by atoms with Gasteiger partial charge in [0.05, 0.1) is 26.4 Å². The predicted molar refractivity (Wildman–Crippen MR) is 144 cm³/mol. The molecule has 0 saturated carbocycles. The zero-order chi connectivity index (χ0) is 26.0. The van der Waals surface area contributed by atoms with Gasteiger partial charge in [0.25, 0.3) is 0 Å². The van der Waals surface area contributed by atoms with Crippen LogP contribution in [0.1, 0.15) is 35.8 Å². The number of hydrogen-bond acceptors (Lipinski definition) is 6. The van der Waals surface area contributed by atoms with Crippen LogP contribution in [0.2, 0.25) is 0 Å². The fraction of sp³-hybridized carbons (Fsp3) is 0.375. The number of hydrogen-bond donors (Lipinski definition) is 0. The Morgan fingerprint density at radius 2 is 1.34 bits per heavy atom. The SMILES string of the molecule is C=CCCCO[C@@H]1O[C@@H]2COC(c3ccccc3)O[C@H]2[C@H](OCc2ccccc2)[C@H]1OCc1ccccc1. The Hall–Kier alpha value is -2.84. The second-order valence-electron chi connectivity index (χ2n) is 9.54. The van der Waals surface area contributed by atoms with Gasteiger partial charge < -0.3 is 28.4 Å². The Morgan fingerprint density at radius 3 is 1.97 bits per heavy atom. The van der Waals surface area contributed by atoms with Crippen LogP contribution in [0.25, 0.3) is 0 Å². The molecule has 5 rings (SSSR count). The van der Waals surface area contributed by atoms with Gasteiger partial charge in [-0.05, 0) is 24.0 Å². The molecule has 2 aliphatic rings. The molecule has 2 aliphatic heterocycles. The number of unbranched alkanes of at least 4 members (excludes halogenated alkanes) is 1. The topological polar surface area (TPSA) is 55.4 Å². The maximum atomic E-state index is 6.60. The van der Waals surface area contributed by atoms with Crippen molar-refractivity contribution in [2.24, 2.45) is 0 Å². The van der Waals surface area contributed by atoms with Crippen molar-refractivity contribution in [1.82, 2.24) is 0 Å². The predicted octanol–water partition coefficient (Wildman–Crippen LogP) is 5.98. The van der Waals surface area contributed by atoms with E-state index in [0.29, 0.717) is 26.4 Å². The molecule has 6 atom stereocenters. The minimum absolute atomic E-state index is 0.350. The van der Waals surface area contributed by atoms with Crippen LogP contribution in [0.15, 0.2) is 104 Å². The summed E-state index contributed by atoms with van der Waals surface area (Å²) >= 11 is 0. The van der Waals surface area contributed by atoms with Crippen molar-refractivity contribution in [1.29, 1.82) is 0 Å². The lowest BCUT2D eigenvalue weighted by molar-refractivity contribution is -0.372. The third kappa shape index (κ3) is 6.97. The Balaban J connectivity index is 1.39. The minimum Gasteiger partial charge on any atom is -0.368 e. The second-order valence-corrected chi connectivity index (χ2v) is 9.54. The molecule has 6 nitrogen and oxygen atoms in total. The van der Waals surface area contributed by atoms with E-state index < -0.39 is 30.9 Å². The number of rotatable bonds is 12. The molecule has 6 heteroatoms. The molecule has 200 valence electrons. The van der Waals surface area contributed by atoms with Crippen molar-refractivity contribution in [3.8, 4) is 0 Å². The monoisotopic (exact) mass is 516 g/mol. The van der Waals surface area contributed by atoms with Crippen LogP contribution in [0, 0.1) is 0 Å². The van der Waals surface area contributed by atoms with Gasteiger partial charge in [-0.15, -0.1) is 6.58 Å². The summed E-state index contributed by atoms with van der Waals surface area (Å²) < 4.78 is 38.4. The summed E-state index contributed by atoms with van der Waals surface area (Å²) in [6.07, 6.45) is 0.797. The van der Waals surface area contributed by atoms with Gasteiger partial charge in [-0.25, -0.2) is 0 Å². The van der Waals surface area contributed by atoms with Crippen LogP contribution in [0.5, 0.6) is 0 Å². The molecular weight excluding hydrogens is 480 g/mol. The first-order valence-corrected chi connectivity index (χ1v) is 13.3. The smallest absolute Gasteiger partial charge is 0.186 e. The number of fused-ring (bicyclic) bond motifs is 1. The molecule has 0 aliphatic carbocycles. The van der Waals surface area contributed by atoms with E-state index in [9.17, 15) is 0 Å². The first-order valence-electron chi connectivity index (χ1n) is 13.3. The molecule has 0 aromatic heterocycles. The highest BCUT2D eigenvalue weighted by Crippen LogP contribution is 2.37. The Labute approximate surface area is 225 Å². The van der Waals surface area contributed by atoms with Crippen LogP contribution >= 0.6 is 0 Å². The molecule has 0 radical (unpaired) electrons. The van der Waals surface area contributed by atoms with E-state index in [4.69, 9.17) is 28.4 Å². The molecule has 0 bridgehead atoms. The van der Waals surface area contributed by atoms with Gasteiger partial charge in [-0.3, -0.25) is 0 Å². The molecule has 2 fully saturated rings. The third-order valence-corrected chi connectivity index (χ3v) is 6.76. The highest BCUT2D eigenvalue weighted by atomic mass is 16.8. The molecule has 3 aromatic carbocycles. The van der Waals surface area contributed by atoms with E-state index in [1.54, 1.807) is 0 Å². The second kappa shape index (κ2) is 13.8. The van der Waals surface area contributed by atoms with Crippen molar-refractivity contribution < 1.29 is 28.4 Å². The van der Waals surface area contributed by atoms with E-state index >= 15 is 0 Å². The first-order chi connectivity index (χ1) is 18.8. The number of benzene rings is 3. The van der Waals surface area contributed by atoms with Crippen molar-refractivity contribution in [2.45, 2.75) is 63.1 Å². The quantitative estimate of drug-likeness (QED) is 0.218. The van der Waals surface area contributed by atoms with E-state index in [2.05, 4.69) is 18.7 Å². The van der Waals surface area contributed by atoms with Gasteiger partial charge in [-0.1, -0.05) is 97.1 Å². The average Bonchev–Trinajstić information content (AvgIpc) is 2.98. The van der Waals surface area contributed by atoms with E-state index in [1.807, 2.05) is 84.9 Å². The zero-order valence-electron chi connectivity index (χ0n) is 21.6. The van der Waals surface area contributed by atoms with Gasteiger partial charge >= 0.3 is 0 Å². The van der Waals surface area contributed by atoms with E-state index in [1.165, 1.54) is 0 Å². The first kappa shape index (κ1) is 26.8. The van der Waals surface area contributed by atoms with Gasteiger partial charge in [0.2, 0.25) is 0 Å². The van der Waals surface area contributed by atoms with E-state index in [-0.39, 0.29) is 6.10 Å². The summed E-state index contributed by atoms with van der Waals surface area (Å²) in [6, 6.07) is 30.2. The van der Waals surface area contributed by atoms with Gasteiger partial charge in [0, 0.05) is 5.56 Å². The van der Waals surface area contributed by atoms with Crippen molar-refractivity contribution in [3.05, 3.63) is 120 Å². The Morgan fingerprint density at radius 1 is 0.737 bits per heavy atom. The fourth-order valence-electron chi connectivity index (χ4n) is 4.79. The molecule has 0 N–H and O–H groups in total. The minimum atomic E-state index is -0.619. The number of ether oxygens (including phenoxy) is 6. The molecule has 3 aromatic rings. The van der Waals surface area contributed by atoms with Crippen molar-refractivity contribution in [2.75, 3.05) is 13.2 Å². The highest BCUT2D eigenvalue weighted by molar-refractivity contribution is 5.17. The summed E-state index contributed by atoms with van der Waals surface area (Å²) in [5.41, 5.74) is 3.10. The van der Waals surface area contributed by atoms with Crippen LogP contribution < -0.4 is 0 Å². The van der Waals surface area contributed by atoms with Gasteiger partial charge in [0.15, 0.2) is 12.6 Å². The molecule has 38 heavy (non-hydrogen) atoms. The van der Waals surface area contributed by atoms with Crippen LogP contribution in [0.3, 0.4) is 0 Å². The number of allylic oxidation sites excluding steroid dienone is 1. The zero-order valence-corrected chi connectivity index (χ0v) is 21.6. The molecule has 2 heterocycles. The molecule has 0 amide bonds. The normalized spacial score (nSPS) is 26.9. The largest absolute Gasteiger partial charge is 0.368 e. The third-order valence-electron chi connectivity index (χ3n) is 6.76. The van der Waals surface area contributed by atoms with Gasteiger partial charge in [-0.2, -0.15) is 0 Å². The lowest BCUT2D eigenvalue weighted by atomic mass is 9.97. The van der Waals surface area contributed by atoms with Crippen molar-refractivity contribution in [3.63, 3.8) is 0 Å². The lowest BCUT2D eigenvalue weighted by Gasteiger charge is -2.49. The highest BCUT2D eigenvalue weighted by Gasteiger charge is 2.51. The van der Waals surface area contributed by atoms with Crippen LogP contribution in [-0.2, 0) is 41.6 Å². The van der Waals surface area contributed by atoms with Crippen molar-refractivity contribution >= 4 is 0 Å². The van der Waals surface area contributed by atoms with Gasteiger partial charge in [0.1, 0.15) is 24.4 Å². The standard InChI is InChI=1S/C32H36O6/c1-2-3-13-20-33-32-30(35-22-25-16-9-5-10-17-25)29(34-21-24-14-7-4-8-15-24)28-27(37-32)23-36-31(38-28)26-18-11-6-12-19-26/h2,4-12,14-19,27-32H,1,3,13,20-23H2/t27-,28-,29+,30-,31?,32-/m1/s1. The summed E-state index contributed by atoms with van der Waals surface area (Å²) in [5.74, 6) is 0. The summed E-state index contributed by atoms with van der Waals surface area (Å²) in [4.78, 5) is 0. The molecular formula is C32H36O6. The van der Waals surface area contributed by atoms with E-state index in [0.717, 1.165) is 29.5 Å². The lowest BCUT2D eigenvalue weighted by Crippen LogP contribution is -2.63. The Kier molecular flexibility index (Phi) is 9.72. The maximum Gasteiger partial charge on any atom is 0.186 e. The average molecular weight is 517 g/mol. The summed E-state index contributed by atoms with van der Waals surface area (Å²) in [5, 5.41) is 0. The molecule has 0 spiro atoms. The maximum absolute atomic E-state index is 6.60. The molecule has 2 saturated heterocycles. The summed E-state index contributed by atoms with van der Waals surface area (Å²) in [6.45, 7) is 5.53. The molecule has 1 unspecified atom stereocenters. The van der Waals surface area contributed by atoms with Crippen LogP contribution in [-0.4, -0.2) is 43.9 Å². The van der Waals surface area contributed by atoms with Crippen LogP contribution in [0.4, 0.5) is 0 Å². The fourth-order valence-corrected chi connectivity index (χ4v) is 4.79. The summed E-state index contributed by atoms with van der Waals surface area (Å²) in [7, 11) is 0. The Bertz CT molecular complexity index is 1090.